The van der Waals surface area contributed by atoms with E-state index in [4.69, 9.17) is 4.74 Å². The summed E-state index contributed by atoms with van der Waals surface area (Å²) in [5.74, 6) is -0.690. The smallest absolute Gasteiger partial charge is 0.306 e. The number of aliphatic hydroxyl groups is 2. The van der Waals surface area contributed by atoms with E-state index in [1.807, 2.05) is 69.3 Å². The summed E-state index contributed by atoms with van der Waals surface area (Å²) in [7, 11) is 0. The minimum Gasteiger partial charge on any atom is -0.460 e. The molecule has 1 fully saturated rings. The van der Waals surface area contributed by atoms with Gasteiger partial charge in [-0.3, -0.25) is 9.59 Å². The number of ether oxygens (including phenoxy) is 1. The zero-order chi connectivity index (χ0) is 23.6. The number of hydrogen-bond acceptors (Lipinski definition) is 5. The Hall–Kier alpha value is -2.24. The van der Waals surface area contributed by atoms with Gasteiger partial charge in [-0.2, -0.15) is 0 Å². The summed E-state index contributed by atoms with van der Waals surface area (Å²) in [5, 5.41) is 20.6. The first-order valence-corrected chi connectivity index (χ1v) is 11.6. The van der Waals surface area contributed by atoms with E-state index in [-0.39, 0.29) is 30.0 Å². The molecule has 0 spiro atoms. The molecule has 32 heavy (non-hydrogen) atoms. The van der Waals surface area contributed by atoms with Gasteiger partial charge in [-0.1, -0.05) is 54.6 Å². The fourth-order valence-electron chi connectivity index (χ4n) is 3.96. The lowest BCUT2D eigenvalue weighted by molar-refractivity contribution is -0.154. The van der Waals surface area contributed by atoms with E-state index >= 15 is 0 Å². The number of benzene rings is 1. The minimum atomic E-state index is -0.703. The van der Waals surface area contributed by atoms with Crippen LogP contribution in [0.25, 0.3) is 0 Å². The number of unbranched alkanes of at least 4 members (excludes halogenated alkanes) is 1. The summed E-state index contributed by atoms with van der Waals surface area (Å²) in [4.78, 5) is 24.1. The molecule has 0 radical (unpaired) electrons. The highest BCUT2D eigenvalue weighted by atomic mass is 16.6. The van der Waals surface area contributed by atoms with Gasteiger partial charge in [-0.25, -0.2) is 0 Å². The second kappa shape index (κ2) is 12.7. The van der Waals surface area contributed by atoms with Crippen LogP contribution in [0.3, 0.4) is 0 Å². The number of Topliss-reactive ketones (excluding diaryl/α,β-unsaturated/α-hetero) is 1. The quantitative estimate of drug-likeness (QED) is 0.298. The topological polar surface area (TPSA) is 83.8 Å². The van der Waals surface area contributed by atoms with Crippen LogP contribution in [-0.2, 0) is 20.7 Å². The van der Waals surface area contributed by atoms with E-state index in [9.17, 15) is 19.8 Å². The van der Waals surface area contributed by atoms with Crippen molar-refractivity contribution in [3.63, 3.8) is 0 Å². The summed E-state index contributed by atoms with van der Waals surface area (Å²) in [6.45, 7) is 5.56. The highest BCUT2D eigenvalue weighted by Crippen LogP contribution is 2.33. The Morgan fingerprint density at radius 2 is 1.94 bits per heavy atom. The number of aryl methyl sites for hydroxylation is 1. The standard InChI is InChI=1S/C27H38O5/c1-27(2,3)32-26(31)14-10-5-4-9-13-22-23(25(30)19-24(22)29)18-17-21(28)16-15-20-11-7-6-8-12-20/h4,6-9,11-12,17-18,21-23,25,28,30H,5,10,13-16,19H2,1-3H3/b9-4-,18-17+/t21-,22+,23?,25+/m0/s1. The summed E-state index contributed by atoms with van der Waals surface area (Å²) in [6.07, 6.45) is 10.0. The zero-order valence-electron chi connectivity index (χ0n) is 19.6. The van der Waals surface area contributed by atoms with Gasteiger partial charge in [-0.05, 0) is 58.4 Å². The fraction of sp³-hybridized carbons (Fsp3) is 0.556. The van der Waals surface area contributed by atoms with Crippen LogP contribution in [0.1, 0.15) is 64.9 Å². The van der Waals surface area contributed by atoms with Crippen LogP contribution in [0.15, 0.2) is 54.6 Å². The average Bonchev–Trinajstić information content (AvgIpc) is 2.99. The summed E-state index contributed by atoms with van der Waals surface area (Å²) in [5.41, 5.74) is 0.708. The summed E-state index contributed by atoms with van der Waals surface area (Å²) < 4.78 is 5.29. The molecule has 0 amide bonds. The maximum absolute atomic E-state index is 12.3. The van der Waals surface area contributed by atoms with Crippen molar-refractivity contribution in [2.24, 2.45) is 11.8 Å². The number of allylic oxidation sites excluding steroid dienone is 2. The van der Waals surface area contributed by atoms with E-state index in [0.717, 1.165) is 12.8 Å². The van der Waals surface area contributed by atoms with Crippen molar-refractivity contribution in [1.29, 1.82) is 0 Å². The molecule has 5 heteroatoms. The highest BCUT2D eigenvalue weighted by Gasteiger charge is 2.39. The van der Waals surface area contributed by atoms with Gasteiger partial charge in [-0.15, -0.1) is 0 Å². The number of rotatable bonds is 11. The molecule has 1 aliphatic rings. The Morgan fingerprint density at radius 1 is 1.22 bits per heavy atom. The molecule has 1 aromatic rings. The third-order valence-corrected chi connectivity index (χ3v) is 5.59. The summed E-state index contributed by atoms with van der Waals surface area (Å²) in [6, 6.07) is 9.99. The zero-order valence-corrected chi connectivity index (χ0v) is 19.6. The first-order chi connectivity index (χ1) is 15.2. The van der Waals surface area contributed by atoms with Gasteiger partial charge in [0.15, 0.2) is 0 Å². The normalized spacial score (nSPS) is 22.7. The second-order valence-electron chi connectivity index (χ2n) is 9.58. The first kappa shape index (κ1) is 26.0. The van der Waals surface area contributed by atoms with Crippen LogP contribution in [0.5, 0.6) is 0 Å². The van der Waals surface area contributed by atoms with E-state index in [1.54, 1.807) is 6.08 Å². The molecular formula is C27H38O5. The van der Waals surface area contributed by atoms with Crippen LogP contribution in [-0.4, -0.2) is 39.8 Å². The number of hydrogen-bond donors (Lipinski definition) is 2. The Morgan fingerprint density at radius 3 is 2.62 bits per heavy atom. The lowest BCUT2D eigenvalue weighted by Crippen LogP contribution is -2.23. The molecule has 1 aromatic carbocycles. The molecule has 1 saturated carbocycles. The monoisotopic (exact) mass is 442 g/mol. The Balaban J connectivity index is 1.77. The molecule has 2 rings (SSSR count). The van der Waals surface area contributed by atoms with Gasteiger partial charge in [0.1, 0.15) is 11.4 Å². The predicted octanol–water partition coefficient (Wildman–Crippen LogP) is 4.56. The third kappa shape index (κ3) is 9.49. The van der Waals surface area contributed by atoms with Crippen molar-refractivity contribution in [3.8, 4) is 0 Å². The number of aliphatic hydroxyl groups excluding tert-OH is 2. The van der Waals surface area contributed by atoms with Crippen molar-refractivity contribution in [1.82, 2.24) is 0 Å². The van der Waals surface area contributed by atoms with Crippen molar-refractivity contribution in [2.45, 2.75) is 83.5 Å². The van der Waals surface area contributed by atoms with E-state index in [1.165, 1.54) is 5.56 Å². The van der Waals surface area contributed by atoms with Crippen molar-refractivity contribution < 1.29 is 24.5 Å². The van der Waals surface area contributed by atoms with Crippen LogP contribution in [0, 0.1) is 11.8 Å². The highest BCUT2D eigenvalue weighted by molar-refractivity contribution is 5.84. The number of ketones is 1. The molecule has 0 bridgehead atoms. The van der Waals surface area contributed by atoms with Crippen molar-refractivity contribution in [2.75, 3.05) is 0 Å². The van der Waals surface area contributed by atoms with Crippen LogP contribution >= 0.6 is 0 Å². The maximum Gasteiger partial charge on any atom is 0.306 e. The number of carbonyl (C=O) groups excluding carboxylic acids is 2. The van der Waals surface area contributed by atoms with Gasteiger partial charge < -0.3 is 14.9 Å². The van der Waals surface area contributed by atoms with Gasteiger partial charge in [0, 0.05) is 24.7 Å². The molecule has 1 aliphatic carbocycles. The van der Waals surface area contributed by atoms with Gasteiger partial charge >= 0.3 is 5.97 Å². The van der Waals surface area contributed by atoms with E-state index in [0.29, 0.717) is 25.7 Å². The predicted molar refractivity (Wildman–Crippen MR) is 126 cm³/mol. The van der Waals surface area contributed by atoms with Crippen molar-refractivity contribution in [3.05, 3.63) is 60.2 Å². The Kier molecular flexibility index (Phi) is 10.3. The summed E-state index contributed by atoms with van der Waals surface area (Å²) >= 11 is 0. The largest absolute Gasteiger partial charge is 0.460 e. The molecule has 0 aliphatic heterocycles. The molecule has 2 N–H and O–H groups in total. The first-order valence-electron chi connectivity index (χ1n) is 11.6. The molecule has 0 heterocycles. The lowest BCUT2D eigenvalue weighted by Gasteiger charge is -2.19. The van der Waals surface area contributed by atoms with Crippen LogP contribution < -0.4 is 0 Å². The van der Waals surface area contributed by atoms with Gasteiger partial charge in [0.25, 0.3) is 0 Å². The van der Waals surface area contributed by atoms with Crippen molar-refractivity contribution >= 4 is 11.8 Å². The molecule has 4 atom stereocenters. The fourth-order valence-corrected chi connectivity index (χ4v) is 3.96. The van der Waals surface area contributed by atoms with Gasteiger partial charge in [0.05, 0.1) is 12.2 Å². The minimum absolute atomic E-state index is 0.0596. The van der Waals surface area contributed by atoms with Crippen LogP contribution in [0.4, 0.5) is 0 Å². The third-order valence-electron chi connectivity index (χ3n) is 5.59. The number of esters is 1. The lowest BCUT2D eigenvalue weighted by atomic mass is 9.90. The van der Waals surface area contributed by atoms with Crippen LogP contribution in [0.2, 0.25) is 0 Å². The number of carbonyl (C=O) groups is 2. The SMILES string of the molecule is CC(C)(C)OC(=O)CCC/C=C\C[C@H]1C(=O)C[C@@H](O)C1/C=C/[C@@H](O)CCc1ccccc1. The molecular weight excluding hydrogens is 404 g/mol. The Labute approximate surface area is 192 Å². The molecule has 176 valence electrons. The molecule has 0 aromatic heterocycles. The van der Waals surface area contributed by atoms with E-state index < -0.39 is 17.8 Å². The van der Waals surface area contributed by atoms with E-state index in [2.05, 4.69) is 0 Å². The maximum atomic E-state index is 12.3. The van der Waals surface area contributed by atoms with Gasteiger partial charge in [0.2, 0.25) is 0 Å². The molecule has 5 nitrogen and oxygen atoms in total. The second-order valence-corrected chi connectivity index (χ2v) is 9.58. The Bertz CT molecular complexity index is 775. The average molecular weight is 443 g/mol. The molecule has 1 unspecified atom stereocenters. The molecule has 0 saturated heterocycles.